The van der Waals surface area contributed by atoms with E-state index in [1.54, 1.807) is 14.0 Å². The van der Waals surface area contributed by atoms with E-state index < -0.39 is 0 Å². The molecule has 0 saturated heterocycles. The van der Waals surface area contributed by atoms with Gasteiger partial charge in [-0.1, -0.05) is 0 Å². The zero-order valence-electron chi connectivity index (χ0n) is 8.96. The van der Waals surface area contributed by atoms with E-state index in [-0.39, 0.29) is 6.10 Å². The Kier molecular flexibility index (Phi) is 4.91. The number of benzene rings is 1. The topological polar surface area (TPSA) is 41.5 Å². The highest BCUT2D eigenvalue weighted by atomic mass is 79.9. The lowest BCUT2D eigenvalue weighted by molar-refractivity contribution is 0.189. The van der Waals surface area contributed by atoms with E-state index in [0.717, 1.165) is 28.9 Å². The molecule has 0 aliphatic carbocycles. The van der Waals surface area contributed by atoms with Crippen LogP contribution in [0.3, 0.4) is 0 Å². The number of nitrogens with one attached hydrogen (secondary N) is 1. The zero-order chi connectivity index (χ0) is 11.3. The molecule has 1 unspecified atom stereocenters. The summed E-state index contributed by atoms with van der Waals surface area (Å²) in [6.45, 7) is 2.52. The van der Waals surface area contributed by atoms with Crippen molar-refractivity contribution in [1.82, 2.24) is 0 Å². The molecule has 15 heavy (non-hydrogen) atoms. The number of ether oxygens (including phenoxy) is 1. The molecule has 0 saturated carbocycles. The van der Waals surface area contributed by atoms with Gasteiger partial charge in [0.2, 0.25) is 0 Å². The van der Waals surface area contributed by atoms with Gasteiger partial charge in [0.25, 0.3) is 0 Å². The second-order valence-electron chi connectivity index (χ2n) is 3.41. The van der Waals surface area contributed by atoms with Crippen molar-refractivity contribution in [2.24, 2.45) is 0 Å². The number of anilines is 1. The molecule has 0 aliphatic heterocycles. The Morgan fingerprint density at radius 3 is 2.87 bits per heavy atom. The van der Waals surface area contributed by atoms with Gasteiger partial charge in [0, 0.05) is 17.1 Å². The number of hydrogen-bond donors (Lipinski definition) is 2. The van der Waals surface area contributed by atoms with Crippen molar-refractivity contribution in [3.05, 3.63) is 22.7 Å². The minimum Gasteiger partial charge on any atom is -0.497 e. The van der Waals surface area contributed by atoms with Gasteiger partial charge in [-0.25, -0.2) is 0 Å². The normalized spacial score (nSPS) is 12.3. The van der Waals surface area contributed by atoms with Gasteiger partial charge in [-0.3, -0.25) is 0 Å². The number of hydrogen-bond acceptors (Lipinski definition) is 3. The third-order valence-corrected chi connectivity index (χ3v) is 2.74. The van der Waals surface area contributed by atoms with E-state index in [9.17, 15) is 0 Å². The quantitative estimate of drug-likeness (QED) is 0.867. The molecule has 0 bridgehead atoms. The summed E-state index contributed by atoms with van der Waals surface area (Å²) in [6, 6.07) is 5.75. The van der Waals surface area contributed by atoms with E-state index in [2.05, 4.69) is 21.2 Å². The van der Waals surface area contributed by atoms with Crippen LogP contribution in [0, 0.1) is 0 Å². The Morgan fingerprint density at radius 1 is 1.53 bits per heavy atom. The van der Waals surface area contributed by atoms with Crippen molar-refractivity contribution in [2.75, 3.05) is 19.0 Å². The SMILES string of the molecule is COc1ccc(Br)c(NCCC(C)O)c1. The van der Waals surface area contributed by atoms with E-state index in [0.29, 0.717) is 0 Å². The third kappa shape index (κ3) is 4.10. The second kappa shape index (κ2) is 5.98. The van der Waals surface area contributed by atoms with Crippen LogP contribution in [0.1, 0.15) is 13.3 Å². The van der Waals surface area contributed by atoms with Crippen LogP contribution in [0.4, 0.5) is 5.69 Å². The average Bonchev–Trinajstić information content (AvgIpc) is 2.20. The molecule has 0 spiro atoms. The summed E-state index contributed by atoms with van der Waals surface area (Å²) in [7, 11) is 1.64. The maximum Gasteiger partial charge on any atom is 0.121 e. The van der Waals surface area contributed by atoms with E-state index in [1.165, 1.54) is 0 Å². The minimum absolute atomic E-state index is 0.276. The van der Waals surface area contributed by atoms with Crippen LogP contribution in [0.15, 0.2) is 22.7 Å². The standard InChI is InChI=1S/C11H16BrNO2/c1-8(14)5-6-13-11-7-9(15-2)3-4-10(11)12/h3-4,7-8,13-14H,5-6H2,1-2H3. The molecule has 0 radical (unpaired) electrons. The van der Waals surface area contributed by atoms with Crippen molar-refractivity contribution < 1.29 is 9.84 Å². The molecule has 0 heterocycles. The van der Waals surface area contributed by atoms with Crippen LogP contribution in [-0.2, 0) is 0 Å². The fourth-order valence-electron chi connectivity index (χ4n) is 1.18. The summed E-state index contributed by atoms with van der Waals surface area (Å²) in [5.74, 6) is 0.817. The van der Waals surface area contributed by atoms with Crippen LogP contribution in [-0.4, -0.2) is 24.9 Å². The predicted octanol–water partition coefficient (Wildman–Crippen LogP) is 2.64. The lowest BCUT2D eigenvalue weighted by atomic mass is 10.2. The Bertz CT molecular complexity index is 315. The molecule has 84 valence electrons. The number of aliphatic hydroxyl groups excluding tert-OH is 1. The first-order valence-corrected chi connectivity index (χ1v) is 5.68. The van der Waals surface area contributed by atoms with Gasteiger partial charge in [-0.15, -0.1) is 0 Å². The maximum absolute atomic E-state index is 9.12. The van der Waals surface area contributed by atoms with Crippen molar-refractivity contribution >= 4 is 21.6 Å². The summed E-state index contributed by atoms with van der Waals surface area (Å²) < 4.78 is 6.12. The van der Waals surface area contributed by atoms with Gasteiger partial charge in [0.05, 0.1) is 18.9 Å². The smallest absolute Gasteiger partial charge is 0.121 e. The van der Waals surface area contributed by atoms with Gasteiger partial charge in [-0.05, 0) is 41.4 Å². The first-order valence-electron chi connectivity index (χ1n) is 4.89. The Morgan fingerprint density at radius 2 is 2.27 bits per heavy atom. The maximum atomic E-state index is 9.12. The zero-order valence-corrected chi connectivity index (χ0v) is 10.5. The second-order valence-corrected chi connectivity index (χ2v) is 4.26. The molecule has 3 nitrogen and oxygen atoms in total. The summed E-state index contributed by atoms with van der Waals surface area (Å²) in [4.78, 5) is 0. The fraction of sp³-hybridized carbons (Fsp3) is 0.455. The van der Waals surface area contributed by atoms with Gasteiger partial charge in [0.1, 0.15) is 5.75 Å². The number of methoxy groups -OCH3 is 1. The lowest BCUT2D eigenvalue weighted by Crippen LogP contribution is -2.10. The van der Waals surface area contributed by atoms with Crippen molar-refractivity contribution in [3.8, 4) is 5.75 Å². The first kappa shape index (κ1) is 12.3. The molecule has 0 amide bonds. The first-order chi connectivity index (χ1) is 7.13. The van der Waals surface area contributed by atoms with Gasteiger partial charge in [-0.2, -0.15) is 0 Å². The van der Waals surface area contributed by atoms with Gasteiger partial charge < -0.3 is 15.2 Å². The summed E-state index contributed by atoms with van der Waals surface area (Å²) in [5, 5.41) is 12.4. The van der Waals surface area contributed by atoms with Crippen LogP contribution in [0.2, 0.25) is 0 Å². The van der Waals surface area contributed by atoms with E-state index in [4.69, 9.17) is 9.84 Å². The minimum atomic E-state index is -0.276. The van der Waals surface area contributed by atoms with E-state index in [1.807, 2.05) is 18.2 Å². The summed E-state index contributed by atoms with van der Waals surface area (Å²) in [6.07, 6.45) is 0.450. The third-order valence-electron chi connectivity index (χ3n) is 2.05. The Balaban J connectivity index is 2.59. The van der Waals surface area contributed by atoms with Crippen LogP contribution in [0.5, 0.6) is 5.75 Å². The van der Waals surface area contributed by atoms with Crippen LogP contribution >= 0.6 is 15.9 Å². The largest absolute Gasteiger partial charge is 0.497 e. The van der Waals surface area contributed by atoms with Crippen molar-refractivity contribution in [2.45, 2.75) is 19.4 Å². The predicted molar refractivity (Wildman–Crippen MR) is 65.5 cm³/mol. The van der Waals surface area contributed by atoms with Crippen LogP contribution in [0.25, 0.3) is 0 Å². The molecule has 1 aromatic carbocycles. The molecule has 0 aliphatic rings. The molecule has 0 fully saturated rings. The number of rotatable bonds is 5. The van der Waals surface area contributed by atoms with Gasteiger partial charge in [0.15, 0.2) is 0 Å². The molecule has 2 N–H and O–H groups in total. The molecule has 1 rings (SSSR count). The summed E-state index contributed by atoms with van der Waals surface area (Å²) in [5.41, 5.74) is 0.981. The number of aliphatic hydroxyl groups is 1. The molecule has 1 atom stereocenters. The average molecular weight is 274 g/mol. The van der Waals surface area contributed by atoms with Gasteiger partial charge >= 0.3 is 0 Å². The summed E-state index contributed by atoms with van der Waals surface area (Å²) >= 11 is 3.45. The molecular formula is C11H16BrNO2. The molecular weight excluding hydrogens is 258 g/mol. The highest BCUT2D eigenvalue weighted by Crippen LogP contribution is 2.26. The lowest BCUT2D eigenvalue weighted by Gasteiger charge is -2.11. The molecule has 0 aromatic heterocycles. The van der Waals surface area contributed by atoms with Crippen LogP contribution < -0.4 is 10.1 Å². The molecule has 4 heteroatoms. The van der Waals surface area contributed by atoms with Crippen molar-refractivity contribution in [3.63, 3.8) is 0 Å². The Labute approximate surface area is 98.6 Å². The monoisotopic (exact) mass is 273 g/mol. The van der Waals surface area contributed by atoms with E-state index >= 15 is 0 Å². The fourth-order valence-corrected chi connectivity index (χ4v) is 1.57. The highest BCUT2D eigenvalue weighted by Gasteiger charge is 2.02. The number of halogens is 1. The Hall–Kier alpha value is -0.740. The highest BCUT2D eigenvalue weighted by molar-refractivity contribution is 9.10. The molecule has 1 aromatic rings. The van der Waals surface area contributed by atoms with Crippen molar-refractivity contribution in [1.29, 1.82) is 0 Å².